The molecule has 3 heterocycles. The zero-order valence-corrected chi connectivity index (χ0v) is 15.7. The third-order valence-corrected chi connectivity index (χ3v) is 6.48. The summed E-state index contributed by atoms with van der Waals surface area (Å²) < 4.78 is 19.9. The van der Waals surface area contributed by atoms with Crippen molar-refractivity contribution < 1.29 is 13.9 Å². The number of carbonyl (C=O) groups is 1. The van der Waals surface area contributed by atoms with Gasteiger partial charge in [0.25, 0.3) is 5.91 Å². The molecule has 0 unspecified atom stereocenters. The Morgan fingerprint density at radius 3 is 2.65 bits per heavy atom. The molecule has 5 heteroatoms. The van der Waals surface area contributed by atoms with Gasteiger partial charge in [-0.05, 0) is 75.2 Å². The molecule has 3 aliphatic rings. The van der Waals surface area contributed by atoms with E-state index in [1.807, 2.05) is 4.90 Å². The molecule has 0 aromatic heterocycles. The number of ether oxygens (including phenoxy) is 1. The van der Waals surface area contributed by atoms with E-state index in [2.05, 4.69) is 4.90 Å². The molecule has 0 aliphatic carbocycles. The van der Waals surface area contributed by atoms with Crippen LogP contribution in [0.3, 0.4) is 0 Å². The van der Waals surface area contributed by atoms with Crippen molar-refractivity contribution in [3.05, 3.63) is 35.1 Å². The summed E-state index contributed by atoms with van der Waals surface area (Å²) in [6, 6.07) is 4.78. The first-order valence-corrected chi connectivity index (χ1v) is 9.94. The molecule has 0 bridgehead atoms. The second kappa shape index (κ2) is 7.28. The summed E-state index contributed by atoms with van der Waals surface area (Å²) in [5.74, 6) is -0.357. The molecule has 0 radical (unpaired) electrons. The number of benzene rings is 1. The summed E-state index contributed by atoms with van der Waals surface area (Å²) in [7, 11) is 0. The number of aryl methyl sites for hydroxylation is 1. The van der Waals surface area contributed by atoms with Crippen LogP contribution in [-0.2, 0) is 4.74 Å². The molecule has 26 heavy (non-hydrogen) atoms. The summed E-state index contributed by atoms with van der Waals surface area (Å²) in [5.41, 5.74) is 1.27. The van der Waals surface area contributed by atoms with Crippen LogP contribution in [0.15, 0.2) is 18.2 Å². The van der Waals surface area contributed by atoms with E-state index in [1.165, 1.54) is 32.0 Å². The third kappa shape index (κ3) is 3.65. The third-order valence-electron chi connectivity index (χ3n) is 6.48. The second-order valence-electron chi connectivity index (χ2n) is 8.40. The van der Waals surface area contributed by atoms with Gasteiger partial charge in [-0.3, -0.25) is 4.79 Å². The van der Waals surface area contributed by atoms with E-state index in [-0.39, 0.29) is 17.1 Å². The lowest BCUT2D eigenvalue weighted by atomic mass is 9.76. The van der Waals surface area contributed by atoms with E-state index >= 15 is 0 Å². The second-order valence-corrected chi connectivity index (χ2v) is 8.40. The molecule has 1 spiro atoms. The fraction of sp³-hybridized carbons (Fsp3) is 0.667. The fourth-order valence-corrected chi connectivity index (χ4v) is 4.71. The molecule has 0 saturated carbocycles. The van der Waals surface area contributed by atoms with Crippen LogP contribution < -0.4 is 0 Å². The highest BCUT2D eigenvalue weighted by molar-refractivity contribution is 5.94. The average molecular weight is 360 g/mol. The first-order valence-electron chi connectivity index (χ1n) is 9.94. The van der Waals surface area contributed by atoms with Crippen LogP contribution >= 0.6 is 0 Å². The molecule has 0 N–H and O–H groups in total. The van der Waals surface area contributed by atoms with Crippen molar-refractivity contribution in [2.24, 2.45) is 5.41 Å². The molecular weight excluding hydrogens is 331 g/mol. The number of piperidine rings is 1. The number of carbonyl (C=O) groups excluding carboxylic acids is 1. The van der Waals surface area contributed by atoms with Crippen LogP contribution in [0.25, 0.3) is 0 Å². The van der Waals surface area contributed by atoms with Gasteiger partial charge in [-0.25, -0.2) is 4.39 Å². The number of likely N-dealkylation sites (tertiary alicyclic amines) is 2. The van der Waals surface area contributed by atoms with Gasteiger partial charge in [0.2, 0.25) is 0 Å². The summed E-state index contributed by atoms with van der Waals surface area (Å²) in [5, 5.41) is 0. The monoisotopic (exact) mass is 360 g/mol. The van der Waals surface area contributed by atoms with Gasteiger partial charge >= 0.3 is 0 Å². The number of rotatable bonds is 3. The van der Waals surface area contributed by atoms with Crippen LogP contribution in [0.4, 0.5) is 4.39 Å². The van der Waals surface area contributed by atoms with E-state index in [0.717, 1.165) is 45.5 Å². The van der Waals surface area contributed by atoms with Crippen LogP contribution in [0.5, 0.6) is 0 Å². The lowest BCUT2D eigenvalue weighted by Gasteiger charge is -2.38. The molecule has 3 saturated heterocycles. The predicted molar refractivity (Wildman–Crippen MR) is 98.7 cm³/mol. The van der Waals surface area contributed by atoms with Gasteiger partial charge in [0.05, 0.1) is 12.7 Å². The maximum Gasteiger partial charge on any atom is 0.253 e. The molecular formula is C21H29FN2O2. The van der Waals surface area contributed by atoms with Crippen molar-refractivity contribution in [2.45, 2.75) is 45.1 Å². The minimum Gasteiger partial charge on any atom is -0.376 e. The number of amides is 1. The molecule has 1 aromatic carbocycles. The predicted octanol–water partition coefficient (Wildman–Crippen LogP) is 3.24. The number of nitrogens with zero attached hydrogens (tertiary/aromatic N) is 2. The fourth-order valence-electron chi connectivity index (χ4n) is 4.71. The van der Waals surface area contributed by atoms with Gasteiger partial charge in [-0.2, -0.15) is 0 Å². The molecule has 4 nitrogen and oxygen atoms in total. The van der Waals surface area contributed by atoms with Gasteiger partial charge < -0.3 is 14.5 Å². The molecule has 1 amide bonds. The Hall–Kier alpha value is -1.46. The highest BCUT2D eigenvalue weighted by Crippen LogP contribution is 2.42. The van der Waals surface area contributed by atoms with Crippen LogP contribution in [0, 0.1) is 18.2 Å². The summed E-state index contributed by atoms with van der Waals surface area (Å²) in [6.07, 6.45) is 6.07. The minimum atomic E-state index is -0.307. The van der Waals surface area contributed by atoms with Crippen molar-refractivity contribution in [3.63, 3.8) is 0 Å². The quantitative estimate of drug-likeness (QED) is 0.830. The van der Waals surface area contributed by atoms with E-state index in [9.17, 15) is 9.18 Å². The number of halogens is 1. The maximum atomic E-state index is 13.8. The molecule has 1 aromatic rings. The van der Waals surface area contributed by atoms with E-state index in [1.54, 1.807) is 19.1 Å². The minimum absolute atomic E-state index is 0.0497. The van der Waals surface area contributed by atoms with Gasteiger partial charge in [0.1, 0.15) is 5.82 Å². The highest BCUT2D eigenvalue weighted by Gasteiger charge is 2.43. The smallest absolute Gasteiger partial charge is 0.253 e. The topological polar surface area (TPSA) is 32.8 Å². The number of hydrogen-bond donors (Lipinski definition) is 0. The Morgan fingerprint density at radius 1 is 1.23 bits per heavy atom. The Balaban J connectivity index is 1.32. The Morgan fingerprint density at radius 2 is 1.96 bits per heavy atom. The Labute approximate surface area is 155 Å². The molecule has 3 aliphatic heterocycles. The highest BCUT2D eigenvalue weighted by atomic mass is 19.1. The van der Waals surface area contributed by atoms with Gasteiger partial charge in [0.15, 0.2) is 0 Å². The van der Waals surface area contributed by atoms with Crippen molar-refractivity contribution in [1.29, 1.82) is 0 Å². The summed E-state index contributed by atoms with van der Waals surface area (Å²) >= 11 is 0. The zero-order chi connectivity index (χ0) is 18.1. The summed E-state index contributed by atoms with van der Waals surface area (Å²) in [4.78, 5) is 17.1. The van der Waals surface area contributed by atoms with Crippen LogP contribution in [0.2, 0.25) is 0 Å². The number of hydrogen-bond acceptors (Lipinski definition) is 3. The lowest BCUT2D eigenvalue weighted by Crippen LogP contribution is -2.43. The van der Waals surface area contributed by atoms with Gasteiger partial charge in [-0.1, -0.05) is 6.07 Å². The Bertz CT molecular complexity index is 664. The van der Waals surface area contributed by atoms with Crippen LogP contribution in [0.1, 0.15) is 48.0 Å². The van der Waals surface area contributed by atoms with Gasteiger partial charge in [-0.15, -0.1) is 0 Å². The average Bonchev–Trinajstić information content (AvgIpc) is 3.28. The van der Waals surface area contributed by atoms with Gasteiger partial charge in [0, 0.05) is 25.2 Å². The largest absolute Gasteiger partial charge is 0.376 e. The molecule has 1 atom stereocenters. The van der Waals surface area contributed by atoms with Crippen molar-refractivity contribution in [1.82, 2.24) is 9.80 Å². The Kier molecular flexibility index (Phi) is 5.02. The van der Waals surface area contributed by atoms with E-state index < -0.39 is 0 Å². The van der Waals surface area contributed by atoms with Crippen LogP contribution in [-0.4, -0.2) is 61.1 Å². The van der Waals surface area contributed by atoms with Crippen molar-refractivity contribution in [3.8, 4) is 0 Å². The molecule has 142 valence electrons. The van der Waals surface area contributed by atoms with Crippen molar-refractivity contribution >= 4 is 5.91 Å². The normalized spacial score (nSPS) is 25.9. The van der Waals surface area contributed by atoms with E-state index in [4.69, 9.17) is 4.74 Å². The van der Waals surface area contributed by atoms with Crippen molar-refractivity contribution in [2.75, 3.05) is 39.3 Å². The lowest BCUT2D eigenvalue weighted by molar-refractivity contribution is 0.0459. The molecule has 3 fully saturated rings. The SMILES string of the molecule is Cc1ccc(C(=O)N2CCC3(CC2)CO[C@@H](CN2CCCC2)C3)cc1F. The first-order chi connectivity index (χ1) is 12.5. The standard InChI is InChI=1S/C21H29FN2O2/c1-16-4-5-17(12-19(16)22)20(25)24-10-6-21(7-11-24)13-18(26-15-21)14-23-8-2-3-9-23/h4-5,12,18H,2-3,6-11,13-15H2,1H3/t18-/m1/s1. The zero-order valence-electron chi connectivity index (χ0n) is 15.7. The maximum absolute atomic E-state index is 13.8. The summed E-state index contributed by atoms with van der Waals surface area (Å²) in [6.45, 7) is 7.51. The molecule has 4 rings (SSSR count). The van der Waals surface area contributed by atoms with E-state index in [0.29, 0.717) is 17.2 Å². The first kappa shape index (κ1) is 17.9.